The van der Waals surface area contributed by atoms with Gasteiger partial charge < -0.3 is 13.9 Å². The number of nitrogens with zero attached hydrogens (tertiary/aromatic N) is 2. The third kappa shape index (κ3) is 5.97. The molecule has 13 rings (SSSR count). The van der Waals surface area contributed by atoms with Crippen LogP contribution in [0.1, 0.15) is 25.0 Å². The minimum atomic E-state index is -0.117. The molecule has 0 amide bonds. The van der Waals surface area contributed by atoms with E-state index in [-0.39, 0.29) is 5.41 Å². The normalized spacial score (nSPS) is 12.8. The number of fused-ring (bicyclic) bond motifs is 9. The van der Waals surface area contributed by atoms with E-state index < -0.39 is 0 Å². The molecule has 12 aromatic rings. The lowest BCUT2D eigenvalue weighted by atomic mass is 9.82. The van der Waals surface area contributed by atoms with Gasteiger partial charge in [-0.05, 0) is 122 Å². The predicted octanol–water partition coefficient (Wildman–Crippen LogP) is 17.5. The van der Waals surface area contributed by atoms with E-state index in [0.29, 0.717) is 0 Å². The molecule has 0 saturated heterocycles. The van der Waals surface area contributed by atoms with Crippen molar-refractivity contribution in [2.45, 2.75) is 19.3 Å². The highest BCUT2D eigenvalue weighted by molar-refractivity contribution is 6.13. The van der Waals surface area contributed by atoms with Gasteiger partial charge in [0.1, 0.15) is 5.58 Å². The van der Waals surface area contributed by atoms with Gasteiger partial charge in [-0.2, -0.15) is 0 Å². The van der Waals surface area contributed by atoms with Crippen LogP contribution in [0.3, 0.4) is 0 Å². The molecule has 3 heteroatoms. The summed E-state index contributed by atoms with van der Waals surface area (Å²) in [5.41, 5.74) is 20.9. The summed E-state index contributed by atoms with van der Waals surface area (Å²) < 4.78 is 8.92. The van der Waals surface area contributed by atoms with Crippen molar-refractivity contribution >= 4 is 60.8 Å². The molecule has 10 aromatic carbocycles. The van der Waals surface area contributed by atoms with Gasteiger partial charge in [-0.3, -0.25) is 0 Å². The van der Waals surface area contributed by atoms with Crippen molar-refractivity contribution in [3.05, 3.63) is 242 Å². The molecular formula is C63H44N2O. The third-order valence-electron chi connectivity index (χ3n) is 14.0. The molecule has 0 atom stereocenters. The van der Waals surface area contributed by atoms with Crippen molar-refractivity contribution in [1.29, 1.82) is 0 Å². The Hall–Kier alpha value is -8.40. The summed E-state index contributed by atoms with van der Waals surface area (Å²) in [5.74, 6) is 0. The summed E-state index contributed by atoms with van der Waals surface area (Å²) in [6.07, 6.45) is 0. The molecule has 0 bridgehead atoms. The van der Waals surface area contributed by atoms with Crippen molar-refractivity contribution < 1.29 is 4.42 Å². The quantitative estimate of drug-likeness (QED) is 0.159. The minimum absolute atomic E-state index is 0.117. The Morgan fingerprint density at radius 3 is 1.64 bits per heavy atom. The molecule has 66 heavy (non-hydrogen) atoms. The lowest BCUT2D eigenvalue weighted by Crippen LogP contribution is -2.16. The minimum Gasteiger partial charge on any atom is -0.454 e. The molecule has 2 aromatic heterocycles. The van der Waals surface area contributed by atoms with E-state index in [2.05, 4.69) is 248 Å². The summed E-state index contributed by atoms with van der Waals surface area (Å²) >= 11 is 0. The number of para-hydroxylation sites is 3. The van der Waals surface area contributed by atoms with Gasteiger partial charge in [0.2, 0.25) is 0 Å². The molecule has 0 saturated carbocycles. The van der Waals surface area contributed by atoms with Crippen molar-refractivity contribution in [3.8, 4) is 50.2 Å². The zero-order chi connectivity index (χ0) is 43.9. The maximum absolute atomic E-state index is 6.56. The van der Waals surface area contributed by atoms with E-state index in [1.54, 1.807) is 0 Å². The molecule has 1 aliphatic rings. The Balaban J connectivity index is 0.891. The summed E-state index contributed by atoms with van der Waals surface area (Å²) in [6.45, 7) is 4.71. The van der Waals surface area contributed by atoms with E-state index in [1.807, 2.05) is 6.07 Å². The van der Waals surface area contributed by atoms with Gasteiger partial charge in [0.05, 0.1) is 16.7 Å². The Labute approximate surface area is 384 Å². The number of hydrogen-bond donors (Lipinski definition) is 0. The van der Waals surface area contributed by atoms with Crippen LogP contribution in [-0.2, 0) is 5.41 Å². The van der Waals surface area contributed by atoms with E-state index in [9.17, 15) is 0 Å². The third-order valence-corrected chi connectivity index (χ3v) is 14.0. The average molecular weight is 845 g/mol. The zero-order valence-corrected chi connectivity index (χ0v) is 36.7. The van der Waals surface area contributed by atoms with Gasteiger partial charge in [-0.25, -0.2) is 0 Å². The number of rotatable bonds is 7. The van der Waals surface area contributed by atoms with E-state index in [4.69, 9.17) is 4.42 Å². The maximum atomic E-state index is 6.56. The molecule has 3 nitrogen and oxygen atoms in total. The highest BCUT2D eigenvalue weighted by atomic mass is 16.3. The van der Waals surface area contributed by atoms with E-state index in [0.717, 1.165) is 61.3 Å². The van der Waals surface area contributed by atoms with E-state index in [1.165, 1.54) is 60.8 Å². The lowest BCUT2D eigenvalue weighted by molar-refractivity contribution is 0.660. The molecule has 0 radical (unpaired) electrons. The Bertz CT molecular complexity index is 3820. The van der Waals surface area contributed by atoms with Gasteiger partial charge in [-0.1, -0.05) is 178 Å². The van der Waals surface area contributed by atoms with Crippen LogP contribution in [0.2, 0.25) is 0 Å². The lowest BCUT2D eigenvalue weighted by Gasteiger charge is -2.28. The van der Waals surface area contributed by atoms with Crippen LogP contribution in [0.25, 0.3) is 93.9 Å². The fraction of sp³-hybridized carbons (Fsp3) is 0.0476. The number of anilines is 3. The van der Waals surface area contributed by atoms with E-state index >= 15 is 0 Å². The first-order valence-corrected chi connectivity index (χ1v) is 22.8. The standard InChI is InChI=1S/C63H44N2O/c1-63(2)56-19-9-6-15-50(56)51-37-36-49(40-57(51)63)64(47-32-27-44(28-33-47)43-25-23-42(24-26-43)41-13-4-3-5-14-41)48-34-29-45(30-35-48)46-31-38-59-55(39-46)52-16-7-10-20-58(52)65(59)60-21-12-18-54-53-17-8-11-22-61(53)66-62(54)60/h3-40H,1-2H3. The molecule has 312 valence electrons. The number of hydrogen-bond acceptors (Lipinski definition) is 2. The number of benzene rings is 10. The maximum Gasteiger partial charge on any atom is 0.159 e. The average Bonchev–Trinajstić information content (AvgIpc) is 4.00. The Kier molecular flexibility index (Phi) is 8.56. The summed E-state index contributed by atoms with van der Waals surface area (Å²) in [6, 6.07) is 83.8. The fourth-order valence-corrected chi connectivity index (χ4v) is 10.7. The SMILES string of the molecule is CC1(C)c2ccccc2-c2ccc(N(c3ccc(-c4ccc(-c5ccccc5)cc4)cc3)c3ccc(-c4ccc5c(c4)c4ccccc4n5-c4cccc5c4oc4ccccc45)cc3)cc21. The highest BCUT2D eigenvalue weighted by Gasteiger charge is 2.35. The van der Waals surface area contributed by atoms with Crippen LogP contribution < -0.4 is 4.90 Å². The second kappa shape index (κ2) is 14.8. The smallest absolute Gasteiger partial charge is 0.159 e. The summed E-state index contributed by atoms with van der Waals surface area (Å²) in [7, 11) is 0. The molecule has 1 aliphatic carbocycles. The first kappa shape index (κ1) is 38.1. The van der Waals surface area contributed by atoms with Crippen LogP contribution in [0.15, 0.2) is 235 Å². The molecule has 0 unspecified atom stereocenters. The molecule has 2 heterocycles. The van der Waals surface area contributed by atoms with Crippen LogP contribution in [0.4, 0.5) is 17.1 Å². The first-order valence-electron chi connectivity index (χ1n) is 22.8. The highest BCUT2D eigenvalue weighted by Crippen LogP contribution is 2.51. The first-order chi connectivity index (χ1) is 32.5. The molecule has 0 fully saturated rings. The van der Waals surface area contributed by atoms with Crippen molar-refractivity contribution in [2.75, 3.05) is 4.90 Å². The van der Waals surface area contributed by atoms with Gasteiger partial charge in [0, 0.05) is 44.0 Å². The fourth-order valence-electron chi connectivity index (χ4n) is 10.7. The molecule has 0 N–H and O–H groups in total. The van der Waals surface area contributed by atoms with Gasteiger partial charge in [0.15, 0.2) is 5.58 Å². The predicted molar refractivity (Wildman–Crippen MR) is 277 cm³/mol. The summed E-state index contributed by atoms with van der Waals surface area (Å²) in [5, 5.41) is 4.67. The van der Waals surface area contributed by atoms with Crippen LogP contribution in [0, 0.1) is 0 Å². The van der Waals surface area contributed by atoms with Crippen LogP contribution in [0.5, 0.6) is 0 Å². The number of aromatic nitrogens is 1. The van der Waals surface area contributed by atoms with Crippen LogP contribution in [-0.4, -0.2) is 4.57 Å². The monoisotopic (exact) mass is 844 g/mol. The zero-order valence-electron chi connectivity index (χ0n) is 36.7. The van der Waals surface area contributed by atoms with Gasteiger partial charge >= 0.3 is 0 Å². The molecule has 0 spiro atoms. The van der Waals surface area contributed by atoms with Crippen molar-refractivity contribution in [1.82, 2.24) is 4.57 Å². The summed E-state index contributed by atoms with van der Waals surface area (Å²) in [4.78, 5) is 2.40. The molecular weight excluding hydrogens is 801 g/mol. The van der Waals surface area contributed by atoms with Crippen molar-refractivity contribution in [2.24, 2.45) is 0 Å². The Morgan fingerprint density at radius 2 is 0.894 bits per heavy atom. The van der Waals surface area contributed by atoms with Gasteiger partial charge in [-0.15, -0.1) is 0 Å². The second-order valence-electron chi connectivity index (χ2n) is 18.1. The topological polar surface area (TPSA) is 21.3 Å². The second-order valence-corrected chi connectivity index (χ2v) is 18.1. The largest absolute Gasteiger partial charge is 0.454 e. The number of furan rings is 1. The van der Waals surface area contributed by atoms with Crippen molar-refractivity contribution in [3.63, 3.8) is 0 Å². The molecule has 0 aliphatic heterocycles. The van der Waals surface area contributed by atoms with Gasteiger partial charge in [0.25, 0.3) is 0 Å². The van der Waals surface area contributed by atoms with Crippen LogP contribution >= 0.6 is 0 Å². The Morgan fingerprint density at radius 1 is 0.364 bits per heavy atom.